The fraction of sp³-hybridized carbons (Fsp3) is 0.846. The molecule has 2 amide bonds. The lowest BCUT2D eigenvalue weighted by Gasteiger charge is -2.35. The van der Waals surface area contributed by atoms with Gasteiger partial charge in [0.25, 0.3) is 0 Å². The van der Waals surface area contributed by atoms with Crippen LogP contribution in [-0.4, -0.2) is 52.6 Å². The molecule has 0 unspecified atom stereocenters. The maximum absolute atomic E-state index is 12.5. The Hall–Kier alpha value is -0.580. The number of nitrogens with zero attached hydrogens (tertiary/aromatic N) is 2. The van der Waals surface area contributed by atoms with E-state index >= 15 is 0 Å². The largest absolute Gasteiger partial charge is 0.341 e. The number of alkyl halides is 1. The molecule has 102 valence electrons. The molecule has 0 saturated carbocycles. The summed E-state index contributed by atoms with van der Waals surface area (Å²) < 4.78 is 0. The molecule has 2 atom stereocenters. The van der Waals surface area contributed by atoms with Crippen LogP contribution in [0.1, 0.15) is 32.6 Å². The minimum Gasteiger partial charge on any atom is -0.341 e. The number of rotatable bonds is 2. The van der Waals surface area contributed by atoms with E-state index in [1.807, 2.05) is 4.90 Å². The van der Waals surface area contributed by atoms with Crippen molar-refractivity contribution in [2.75, 3.05) is 25.0 Å². The minimum atomic E-state index is -0.208. The van der Waals surface area contributed by atoms with Gasteiger partial charge in [0, 0.05) is 19.6 Å². The van der Waals surface area contributed by atoms with Crippen molar-refractivity contribution >= 4 is 27.7 Å². The lowest BCUT2D eigenvalue weighted by molar-refractivity contribution is -0.143. The molecule has 0 aromatic carbocycles. The molecule has 2 aliphatic heterocycles. The molecule has 0 aromatic rings. The first-order chi connectivity index (χ1) is 8.63. The Bertz CT molecular complexity index is 335. The van der Waals surface area contributed by atoms with E-state index in [2.05, 4.69) is 22.9 Å². The van der Waals surface area contributed by atoms with Gasteiger partial charge in [0.05, 0.1) is 5.33 Å². The maximum atomic E-state index is 12.5. The van der Waals surface area contributed by atoms with Crippen LogP contribution in [-0.2, 0) is 9.59 Å². The van der Waals surface area contributed by atoms with Crippen LogP contribution in [0.3, 0.4) is 0 Å². The van der Waals surface area contributed by atoms with Crippen molar-refractivity contribution in [2.24, 2.45) is 5.92 Å². The Labute approximate surface area is 117 Å². The summed E-state index contributed by atoms with van der Waals surface area (Å²) in [6, 6.07) is -0.208. The van der Waals surface area contributed by atoms with Crippen LogP contribution in [0, 0.1) is 5.92 Å². The normalized spacial score (nSPS) is 28.6. The van der Waals surface area contributed by atoms with Gasteiger partial charge >= 0.3 is 0 Å². The lowest BCUT2D eigenvalue weighted by Crippen LogP contribution is -2.50. The highest BCUT2D eigenvalue weighted by Crippen LogP contribution is 2.23. The average Bonchev–Trinajstić information content (AvgIpc) is 2.86. The summed E-state index contributed by atoms with van der Waals surface area (Å²) in [5.74, 6) is 0.786. The second kappa shape index (κ2) is 6.04. The molecule has 2 heterocycles. The van der Waals surface area contributed by atoms with E-state index in [0.717, 1.165) is 38.9 Å². The molecule has 0 spiro atoms. The van der Waals surface area contributed by atoms with Gasteiger partial charge in [-0.2, -0.15) is 0 Å². The average molecular weight is 317 g/mol. The van der Waals surface area contributed by atoms with E-state index in [1.165, 1.54) is 6.42 Å². The molecular weight excluding hydrogens is 296 g/mol. The number of hydrogen-bond donors (Lipinski definition) is 0. The second-order valence-corrected chi connectivity index (χ2v) is 5.97. The van der Waals surface area contributed by atoms with E-state index in [0.29, 0.717) is 11.2 Å². The predicted octanol–water partition coefficient (Wildman–Crippen LogP) is 1.63. The summed E-state index contributed by atoms with van der Waals surface area (Å²) in [7, 11) is 0. The molecule has 0 bridgehead atoms. The summed E-state index contributed by atoms with van der Waals surface area (Å²) in [6.45, 7) is 4.63. The molecule has 0 N–H and O–H groups in total. The van der Waals surface area contributed by atoms with Crippen LogP contribution in [0.15, 0.2) is 0 Å². The van der Waals surface area contributed by atoms with Crippen LogP contribution < -0.4 is 0 Å². The monoisotopic (exact) mass is 316 g/mol. The van der Waals surface area contributed by atoms with Crippen LogP contribution in [0.4, 0.5) is 0 Å². The topological polar surface area (TPSA) is 40.6 Å². The molecule has 18 heavy (non-hydrogen) atoms. The van der Waals surface area contributed by atoms with Gasteiger partial charge in [0.2, 0.25) is 11.8 Å². The number of halogens is 1. The highest BCUT2D eigenvalue weighted by Gasteiger charge is 2.36. The SMILES string of the molecule is C[C@@H]1CCCN(C(=O)[C@H]2CCCN2C(=O)CBr)C1. The first kappa shape index (κ1) is 13.8. The van der Waals surface area contributed by atoms with Gasteiger partial charge < -0.3 is 9.80 Å². The highest BCUT2D eigenvalue weighted by molar-refractivity contribution is 9.09. The molecule has 0 aromatic heterocycles. The van der Waals surface area contributed by atoms with E-state index in [-0.39, 0.29) is 17.9 Å². The van der Waals surface area contributed by atoms with E-state index in [1.54, 1.807) is 4.90 Å². The van der Waals surface area contributed by atoms with Crippen LogP contribution in [0.5, 0.6) is 0 Å². The Balaban J connectivity index is 2.01. The molecule has 0 aliphatic carbocycles. The molecule has 2 rings (SSSR count). The van der Waals surface area contributed by atoms with Crippen molar-refractivity contribution < 1.29 is 9.59 Å². The van der Waals surface area contributed by atoms with Crippen molar-refractivity contribution in [3.8, 4) is 0 Å². The van der Waals surface area contributed by atoms with E-state index < -0.39 is 0 Å². The second-order valence-electron chi connectivity index (χ2n) is 5.41. The van der Waals surface area contributed by atoms with Gasteiger partial charge in [-0.05, 0) is 31.6 Å². The molecule has 2 aliphatic rings. The zero-order valence-electron chi connectivity index (χ0n) is 10.9. The fourth-order valence-electron chi connectivity index (χ4n) is 3.00. The number of hydrogen-bond acceptors (Lipinski definition) is 2. The Morgan fingerprint density at radius 1 is 1.22 bits per heavy atom. The number of carbonyl (C=O) groups excluding carboxylic acids is 2. The highest BCUT2D eigenvalue weighted by atomic mass is 79.9. The van der Waals surface area contributed by atoms with Gasteiger partial charge in [0.1, 0.15) is 6.04 Å². The van der Waals surface area contributed by atoms with E-state index in [9.17, 15) is 9.59 Å². The van der Waals surface area contributed by atoms with Gasteiger partial charge in [-0.3, -0.25) is 9.59 Å². The summed E-state index contributed by atoms with van der Waals surface area (Å²) in [5, 5.41) is 0.313. The number of amides is 2. The van der Waals surface area contributed by atoms with E-state index in [4.69, 9.17) is 0 Å². The number of carbonyl (C=O) groups is 2. The molecule has 2 fully saturated rings. The molecule has 5 heteroatoms. The van der Waals surface area contributed by atoms with Gasteiger partial charge in [0.15, 0.2) is 0 Å². The van der Waals surface area contributed by atoms with Crippen LogP contribution in [0.2, 0.25) is 0 Å². The van der Waals surface area contributed by atoms with Gasteiger partial charge in [-0.25, -0.2) is 0 Å². The summed E-state index contributed by atoms with van der Waals surface area (Å²) in [5.41, 5.74) is 0. The lowest BCUT2D eigenvalue weighted by atomic mass is 9.99. The van der Waals surface area contributed by atoms with Crippen molar-refractivity contribution in [1.82, 2.24) is 9.80 Å². The third-order valence-corrected chi connectivity index (χ3v) is 4.42. The van der Waals surface area contributed by atoms with Gasteiger partial charge in [-0.1, -0.05) is 22.9 Å². The zero-order valence-corrected chi connectivity index (χ0v) is 12.5. The first-order valence-electron chi connectivity index (χ1n) is 6.77. The molecule has 2 saturated heterocycles. The van der Waals surface area contributed by atoms with Crippen molar-refractivity contribution in [3.05, 3.63) is 0 Å². The van der Waals surface area contributed by atoms with Crippen molar-refractivity contribution in [2.45, 2.75) is 38.6 Å². The Morgan fingerprint density at radius 3 is 2.61 bits per heavy atom. The minimum absolute atomic E-state index is 0.0379. The quantitative estimate of drug-likeness (QED) is 0.727. The molecule has 0 radical (unpaired) electrons. The van der Waals surface area contributed by atoms with Gasteiger partial charge in [-0.15, -0.1) is 0 Å². The Kier molecular flexibility index (Phi) is 4.65. The number of piperidine rings is 1. The van der Waals surface area contributed by atoms with Crippen molar-refractivity contribution in [3.63, 3.8) is 0 Å². The number of likely N-dealkylation sites (tertiary alicyclic amines) is 2. The maximum Gasteiger partial charge on any atom is 0.245 e. The first-order valence-corrected chi connectivity index (χ1v) is 7.90. The Morgan fingerprint density at radius 2 is 1.94 bits per heavy atom. The smallest absolute Gasteiger partial charge is 0.245 e. The summed E-state index contributed by atoms with van der Waals surface area (Å²) in [4.78, 5) is 28.0. The third kappa shape index (κ3) is 2.87. The summed E-state index contributed by atoms with van der Waals surface area (Å²) in [6.07, 6.45) is 4.06. The fourth-order valence-corrected chi connectivity index (χ4v) is 3.32. The van der Waals surface area contributed by atoms with Crippen LogP contribution >= 0.6 is 15.9 Å². The molecule has 4 nitrogen and oxygen atoms in total. The molecular formula is C13H21BrN2O2. The van der Waals surface area contributed by atoms with Crippen molar-refractivity contribution in [1.29, 1.82) is 0 Å². The predicted molar refractivity (Wildman–Crippen MR) is 73.5 cm³/mol. The summed E-state index contributed by atoms with van der Waals surface area (Å²) >= 11 is 3.19. The van der Waals surface area contributed by atoms with Crippen LogP contribution in [0.25, 0.3) is 0 Å². The standard InChI is InChI=1S/C13H21BrN2O2/c1-10-4-2-6-15(9-10)13(18)11-5-3-7-16(11)12(17)8-14/h10-11H,2-9H2,1H3/t10-,11-/m1/s1. The third-order valence-electron chi connectivity index (χ3n) is 3.94. The zero-order chi connectivity index (χ0) is 13.1.